The van der Waals surface area contributed by atoms with Crippen molar-refractivity contribution in [3.63, 3.8) is 0 Å². The van der Waals surface area contributed by atoms with Crippen LogP contribution in [0, 0.1) is 11.8 Å². The molecular weight excluding hydrogens is 246 g/mol. The third-order valence-corrected chi connectivity index (χ3v) is 4.97. The Morgan fingerprint density at radius 3 is 2.55 bits per heavy atom. The minimum atomic E-state index is 0.213. The van der Waals surface area contributed by atoms with Crippen LogP contribution in [0.1, 0.15) is 59.8 Å². The lowest BCUT2D eigenvalue weighted by molar-refractivity contribution is 0.161. The van der Waals surface area contributed by atoms with Gasteiger partial charge in [-0.15, -0.1) is 0 Å². The van der Waals surface area contributed by atoms with Crippen LogP contribution in [0.4, 0.5) is 0 Å². The van der Waals surface area contributed by atoms with E-state index in [0.29, 0.717) is 0 Å². The van der Waals surface area contributed by atoms with E-state index in [9.17, 15) is 0 Å². The van der Waals surface area contributed by atoms with Crippen molar-refractivity contribution in [2.24, 2.45) is 17.6 Å². The van der Waals surface area contributed by atoms with Crippen LogP contribution in [0.15, 0.2) is 0 Å². The van der Waals surface area contributed by atoms with E-state index in [1.165, 1.54) is 32.1 Å². The van der Waals surface area contributed by atoms with Gasteiger partial charge in [0, 0.05) is 25.2 Å². The Morgan fingerprint density at radius 2 is 2.00 bits per heavy atom. The summed E-state index contributed by atoms with van der Waals surface area (Å²) in [4.78, 5) is 2.48. The molecule has 1 rings (SSSR count). The first-order valence-corrected chi connectivity index (χ1v) is 8.72. The zero-order chi connectivity index (χ0) is 15.0. The highest BCUT2D eigenvalue weighted by Crippen LogP contribution is 2.35. The van der Waals surface area contributed by atoms with Crippen LogP contribution < -0.4 is 11.1 Å². The third kappa shape index (κ3) is 5.71. The summed E-state index contributed by atoms with van der Waals surface area (Å²) in [5.41, 5.74) is 6.35. The molecule has 0 aromatic carbocycles. The summed E-state index contributed by atoms with van der Waals surface area (Å²) in [7, 11) is 0. The topological polar surface area (TPSA) is 41.3 Å². The fraction of sp³-hybridized carbons (Fsp3) is 1.00. The zero-order valence-corrected chi connectivity index (χ0v) is 14.3. The number of nitrogens with two attached hydrogens (primary N) is 1. The second kappa shape index (κ2) is 9.01. The summed E-state index contributed by atoms with van der Waals surface area (Å²) < 4.78 is 0. The predicted molar refractivity (Wildman–Crippen MR) is 89.0 cm³/mol. The lowest BCUT2D eigenvalue weighted by Gasteiger charge is -2.42. The minimum Gasteiger partial charge on any atom is -0.329 e. The molecule has 20 heavy (non-hydrogen) atoms. The van der Waals surface area contributed by atoms with Crippen LogP contribution in [0.5, 0.6) is 0 Å². The number of hydrogen-bond acceptors (Lipinski definition) is 3. The number of rotatable bonds is 9. The molecule has 120 valence electrons. The van der Waals surface area contributed by atoms with E-state index in [-0.39, 0.29) is 5.54 Å². The molecule has 0 spiro atoms. The summed E-state index contributed by atoms with van der Waals surface area (Å²) in [6, 6.07) is 0. The molecule has 0 bridgehead atoms. The third-order valence-electron chi connectivity index (χ3n) is 4.97. The Kier molecular flexibility index (Phi) is 8.08. The number of nitrogens with zero attached hydrogens (tertiary/aromatic N) is 1. The zero-order valence-electron chi connectivity index (χ0n) is 14.3. The maximum atomic E-state index is 6.14. The molecule has 3 nitrogen and oxygen atoms in total. The average molecular weight is 284 g/mol. The van der Waals surface area contributed by atoms with Crippen LogP contribution in [0.2, 0.25) is 0 Å². The van der Waals surface area contributed by atoms with Crippen LogP contribution in [0.3, 0.4) is 0 Å². The van der Waals surface area contributed by atoms with Crippen molar-refractivity contribution in [2.75, 3.05) is 32.7 Å². The van der Waals surface area contributed by atoms with Gasteiger partial charge in [-0.1, -0.05) is 40.5 Å². The minimum absolute atomic E-state index is 0.213. The molecule has 2 atom stereocenters. The van der Waals surface area contributed by atoms with E-state index < -0.39 is 0 Å². The summed E-state index contributed by atoms with van der Waals surface area (Å²) in [6.45, 7) is 14.5. The van der Waals surface area contributed by atoms with Gasteiger partial charge in [0.05, 0.1) is 0 Å². The van der Waals surface area contributed by atoms with Crippen LogP contribution in [-0.2, 0) is 0 Å². The van der Waals surface area contributed by atoms with Gasteiger partial charge in [-0.3, -0.25) is 0 Å². The summed E-state index contributed by atoms with van der Waals surface area (Å²) >= 11 is 0. The molecule has 0 aromatic rings. The molecule has 1 fully saturated rings. The Balaban J connectivity index is 2.45. The first kappa shape index (κ1) is 17.9. The fourth-order valence-corrected chi connectivity index (χ4v) is 3.79. The van der Waals surface area contributed by atoms with Crippen LogP contribution in [0.25, 0.3) is 0 Å². The SMILES string of the molecule is CCN(CC)CCNC1(CN)CCCC(CC(C)C)C1. The van der Waals surface area contributed by atoms with E-state index in [0.717, 1.165) is 44.6 Å². The quantitative estimate of drug-likeness (QED) is 0.684. The Hall–Kier alpha value is -0.120. The van der Waals surface area contributed by atoms with E-state index in [1.54, 1.807) is 0 Å². The molecule has 0 amide bonds. The molecule has 0 saturated heterocycles. The maximum absolute atomic E-state index is 6.14. The van der Waals surface area contributed by atoms with Gasteiger partial charge < -0.3 is 16.0 Å². The summed E-state index contributed by atoms with van der Waals surface area (Å²) in [6.07, 6.45) is 6.64. The molecule has 1 aliphatic carbocycles. The van der Waals surface area contributed by atoms with Gasteiger partial charge in [-0.25, -0.2) is 0 Å². The van der Waals surface area contributed by atoms with Gasteiger partial charge in [-0.2, -0.15) is 0 Å². The average Bonchev–Trinajstić information content (AvgIpc) is 2.43. The second-order valence-corrected chi connectivity index (χ2v) is 7.03. The molecule has 3 N–H and O–H groups in total. The maximum Gasteiger partial charge on any atom is 0.0307 e. The lowest BCUT2D eigenvalue weighted by Crippen LogP contribution is -2.55. The molecular formula is C17H37N3. The Morgan fingerprint density at radius 1 is 1.30 bits per heavy atom. The second-order valence-electron chi connectivity index (χ2n) is 7.03. The van der Waals surface area contributed by atoms with Crippen molar-refractivity contribution in [1.29, 1.82) is 0 Å². The van der Waals surface area contributed by atoms with E-state index >= 15 is 0 Å². The molecule has 0 radical (unpaired) electrons. The molecule has 0 aliphatic heterocycles. The molecule has 1 aliphatic rings. The summed E-state index contributed by atoms with van der Waals surface area (Å²) in [5.74, 6) is 1.68. The fourth-order valence-electron chi connectivity index (χ4n) is 3.79. The number of likely N-dealkylation sites (N-methyl/N-ethyl adjacent to an activating group) is 1. The van der Waals surface area contributed by atoms with Gasteiger partial charge in [0.25, 0.3) is 0 Å². The van der Waals surface area contributed by atoms with Crippen molar-refractivity contribution in [1.82, 2.24) is 10.2 Å². The predicted octanol–water partition coefficient (Wildman–Crippen LogP) is 2.85. The van der Waals surface area contributed by atoms with Gasteiger partial charge in [0.1, 0.15) is 0 Å². The van der Waals surface area contributed by atoms with Crippen molar-refractivity contribution in [2.45, 2.75) is 65.3 Å². The number of hydrogen-bond donors (Lipinski definition) is 2. The Labute approximate surface area is 126 Å². The Bertz CT molecular complexity index is 251. The lowest BCUT2D eigenvalue weighted by atomic mass is 9.73. The monoisotopic (exact) mass is 283 g/mol. The van der Waals surface area contributed by atoms with Crippen LogP contribution in [-0.4, -0.2) is 43.2 Å². The van der Waals surface area contributed by atoms with Crippen molar-refractivity contribution >= 4 is 0 Å². The molecule has 3 heteroatoms. The van der Waals surface area contributed by atoms with Crippen LogP contribution >= 0.6 is 0 Å². The van der Waals surface area contributed by atoms with Crippen molar-refractivity contribution in [3.05, 3.63) is 0 Å². The van der Waals surface area contributed by atoms with E-state index in [4.69, 9.17) is 5.73 Å². The highest BCUT2D eigenvalue weighted by Gasteiger charge is 2.34. The molecule has 1 saturated carbocycles. The largest absolute Gasteiger partial charge is 0.329 e. The van der Waals surface area contributed by atoms with Gasteiger partial charge in [0.15, 0.2) is 0 Å². The molecule has 2 unspecified atom stereocenters. The van der Waals surface area contributed by atoms with Crippen molar-refractivity contribution < 1.29 is 0 Å². The normalized spacial score (nSPS) is 27.4. The molecule has 0 heterocycles. The van der Waals surface area contributed by atoms with E-state index in [1.807, 2.05) is 0 Å². The highest BCUT2D eigenvalue weighted by atomic mass is 15.1. The van der Waals surface area contributed by atoms with Gasteiger partial charge in [-0.05, 0) is 44.2 Å². The van der Waals surface area contributed by atoms with Gasteiger partial charge in [0.2, 0.25) is 0 Å². The van der Waals surface area contributed by atoms with Crippen molar-refractivity contribution in [3.8, 4) is 0 Å². The highest BCUT2D eigenvalue weighted by molar-refractivity contribution is 4.94. The summed E-state index contributed by atoms with van der Waals surface area (Å²) in [5, 5.41) is 3.82. The smallest absolute Gasteiger partial charge is 0.0307 e. The standard InChI is InChI=1S/C17H37N3/c1-5-20(6-2)11-10-19-17(14-18)9-7-8-16(13-17)12-15(3)4/h15-16,19H,5-14,18H2,1-4H3. The van der Waals surface area contributed by atoms with E-state index in [2.05, 4.69) is 37.9 Å². The number of nitrogens with one attached hydrogen (secondary N) is 1. The first-order chi connectivity index (χ1) is 9.55. The first-order valence-electron chi connectivity index (χ1n) is 8.72. The molecule has 0 aromatic heterocycles. The van der Waals surface area contributed by atoms with Gasteiger partial charge >= 0.3 is 0 Å².